The molecule has 0 radical (unpaired) electrons. The van der Waals surface area contributed by atoms with Gasteiger partial charge in [-0.25, -0.2) is 0 Å². The molecule has 90 valence electrons. The summed E-state index contributed by atoms with van der Waals surface area (Å²) in [6, 6.07) is 7.36. The molecule has 0 aliphatic carbocycles. The van der Waals surface area contributed by atoms with Crippen molar-refractivity contribution in [3.8, 4) is 6.07 Å². The van der Waals surface area contributed by atoms with Crippen LogP contribution in [0.1, 0.15) is 12.5 Å². The number of carbonyl (C=O) groups is 1. The summed E-state index contributed by atoms with van der Waals surface area (Å²) in [5, 5.41) is 11.5. The van der Waals surface area contributed by atoms with E-state index in [1.165, 1.54) is 0 Å². The van der Waals surface area contributed by atoms with Crippen molar-refractivity contribution in [2.45, 2.75) is 6.92 Å². The zero-order valence-electron chi connectivity index (χ0n) is 9.83. The Labute approximate surface area is 109 Å². The van der Waals surface area contributed by atoms with Gasteiger partial charge in [0.25, 0.3) is 0 Å². The van der Waals surface area contributed by atoms with Gasteiger partial charge in [0.1, 0.15) is 0 Å². The van der Waals surface area contributed by atoms with Crippen LogP contribution in [-0.2, 0) is 4.79 Å². The van der Waals surface area contributed by atoms with Crippen LogP contribution in [0.5, 0.6) is 0 Å². The third-order valence-corrected chi connectivity index (χ3v) is 2.88. The summed E-state index contributed by atoms with van der Waals surface area (Å²) in [6.45, 7) is 2.80. The van der Waals surface area contributed by atoms with Gasteiger partial charge in [-0.05, 0) is 41.1 Å². The van der Waals surface area contributed by atoms with Crippen LogP contribution in [0.4, 0.5) is 5.69 Å². The molecule has 1 aromatic carbocycles. The molecule has 1 rings (SSSR count). The number of halogens is 1. The number of carbonyl (C=O) groups excluding carboxylic acids is 1. The highest BCUT2D eigenvalue weighted by Crippen LogP contribution is 2.26. The lowest BCUT2D eigenvalue weighted by atomic mass is 10.2. The third kappa shape index (κ3) is 3.75. The van der Waals surface area contributed by atoms with Crippen molar-refractivity contribution in [3.63, 3.8) is 0 Å². The lowest BCUT2D eigenvalue weighted by molar-refractivity contribution is -0.119. The molecular weight excluding hydrogens is 282 g/mol. The topological polar surface area (TPSA) is 56.1 Å². The van der Waals surface area contributed by atoms with Gasteiger partial charge in [-0.15, -0.1) is 0 Å². The van der Waals surface area contributed by atoms with E-state index in [0.717, 1.165) is 10.2 Å². The smallest absolute Gasteiger partial charge is 0.239 e. The fraction of sp³-hybridized carbons (Fsp3) is 0.333. The predicted molar refractivity (Wildman–Crippen MR) is 70.8 cm³/mol. The minimum Gasteiger partial charge on any atom is -0.364 e. The summed E-state index contributed by atoms with van der Waals surface area (Å²) in [4.78, 5) is 13.3. The van der Waals surface area contributed by atoms with Gasteiger partial charge in [-0.1, -0.05) is 0 Å². The van der Waals surface area contributed by atoms with Crippen molar-refractivity contribution >= 4 is 27.5 Å². The second kappa shape index (κ2) is 6.26. The molecule has 0 atom stereocenters. The van der Waals surface area contributed by atoms with E-state index in [4.69, 9.17) is 5.26 Å². The maximum atomic E-state index is 11.4. The van der Waals surface area contributed by atoms with Crippen molar-refractivity contribution < 1.29 is 4.79 Å². The average Bonchev–Trinajstić information content (AvgIpc) is 2.28. The van der Waals surface area contributed by atoms with Gasteiger partial charge in [-0.2, -0.15) is 5.26 Å². The van der Waals surface area contributed by atoms with Crippen LogP contribution in [0.2, 0.25) is 0 Å². The highest BCUT2D eigenvalue weighted by atomic mass is 79.9. The van der Waals surface area contributed by atoms with Gasteiger partial charge < -0.3 is 10.2 Å². The molecule has 0 unspecified atom stereocenters. The fourth-order valence-corrected chi connectivity index (χ4v) is 2.12. The van der Waals surface area contributed by atoms with E-state index in [1.54, 1.807) is 12.1 Å². The van der Waals surface area contributed by atoms with Gasteiger partial charge in [-0.3, -0.25) is 4.79 Å². The summed E-state index contributed by atoms with van der Waals surface area (Å²) in [7, 11) is 1.83. The molecule has 5 heteroatoms. The molecule has 0 heterocycles. The molecule has 0 spiro atoms. The SMILES string of the molecule is CCNC(=O)CN(C)c1ccc(C#N)cc1Br. The number of nitrogens with zero attached hydrogens (tertiary/aromatic N) is 2. The van der Waals surface area contributed by atoms with Crippen molar-refractivity contribution in [1.29, 1.82) is 5.26 Å². The molecule has 0 aromatic heterocycles. The molecule has 1 amide bonds. The predicted octanol–water partition coefficient (Wildman–Crippen LogP) is 1.89. The number of nitriles is 1. The molecule has 17 heavy (non-hydrogen) atoms. The largest absolute Gasteiger partial charge is 0.364 e. The van der Waals surface area contributed by atoms with Gasteiger partial charge in [0.05, 0.1) is 23.9 Å². The molecule has 0 bridgehead atoms. The highest BCUT2D eigenvalue weighted by molar-refractivity contribution is 9.10. The van der Waals surface area contributed by atoms with Crippen LogP contribution in [0.3, 0.4) is 0 Å². The van der Waals surface area contributed by atoms with Crippen molar-refractivity contribution in [2.24, 2.45) is 0 Å². The monoisotopic (exact) mass is 295 g/mol. The second-order valence-corrected chi connectivity index (χ2v) is 4.44. The number of likely N-dealkylation sites (N-methyl/N-ethyl adjacent to an activating group) is 2. The van der Waals surface area contributed by atoms with Crippen LogP contribution in [-0.4, -0.2) is 26.0 Å². The van der Waals surface area contributed by atoms with E-state index >= 15 is 0 Å². The lowest BCUT2D eigenvalue weighted by Crippen LogP contribution is -2.35. The van der Waals surface area contributed by atoms with E-state index in [9.17, 15) is 4.79 Å². The quantitative estimate of drug-likeness (QED) is 0.923. The Kier molecular flexibility index (Phi) is 4.98. The first kappa shape index (κ1) is 13.5. The summed E-state index contributed by atoms with van der Waals surface area (Å²) in [5.41, 5.74) is 1.47. The third-order valence-electron chi connectivity index (χ3n) is 2.24. The molecule has 1 aromatic rings. The zero-order valence-corrected chi connectivity index (χ0v) is 11.4. The number of nitrogens with one attached hydrogen (secondary N) is 1. The Balaban J connectivity index is 2.79. The minimum absolute atomic E-state index is 0.0220. The Hall–Kier alpha value is -1.54. The average molecular weight is 296 g/mol. The Morgan fingerprint density at radius 1 is 1.59 bits per heavy atom. The molecular formula is C12H14BrN3O. The van der Waals surface area contributed by atoms with Crippen LogP contribution in [0.25, 0.3) is 0 Å². The number of rotatable bonds is 4. The molecule has 0 aliphatic heterocycles. The Morgan fingerprint density at radius 3 is 2.82 bits per heavy atom. The first-order valence-electron chi connectivity index (χ1n) is 5.26. The molecule has 0 saturated carbocycles. The van der Waals surface area contributed by atoms with Crippen molar-refractivity contribution in [3.05, 3.63) is 28.2 Å². The van der Waals surface area contributed by atoms with Gasteiger partial charge in [0.2, 0.25) is 5.91 Å². The van der Waals surface area contributed by atoms with E-state index in [1.807, 2.05) is 24.9 Å². The van der Waals surface area contributed by atoms with E-state index < -0.39 is 0 Å². The normalized spacial score (nSPS) is 9.53. The summed E-state index contributed by atoms with van der Waals surface area (Å²) < 4.78 is 0.809. The minimum atomic E-state index is -0.0220. The Morgan fingerprint density at radius 2 is 2.29 bits per heavy atom. The number of hydrogen-bond acceptors (Lipinski definition) is 3. The van der Waals surface area contributed by atoms with Gasteiger partial charge in [0.15, 0.2) is 0 Å². The maximum Gasteiger partial charge on any atom is 0.239 e. The number of benzene rings is 1. The molecule has 0 fully saturated rings. The van der Waals surface area contributed by atoms with E-state index in [-0.39, 0.29) is 5.91 Å². The van der Waals surface area contributed by atoms with E-state index in [0.29, 0.717) is 18.7 Å². The van der Waals surface area contributed by atoms with Gasteiger partial charge >= 0.3 is 0 Å². The first-order valence-corrected chi connectivity index (χ1v) is 6.05. The van der Waals surface area contributed by atoms with Crippen LogP contribution < -0.4 is 10.2 Å². The molecule has 0 saturated heterocycles. The standard InChI is InChI=1S/C12H14BrN3O/c1-3-15-12(17)8-16(2)11-5-4-9(7-14)6-10(11)13/h4-6H,3,8H2,1-2H3,(H,15,17). The lowest BCUT2D eigenvalue weighted by Gasteiger charge is -2.20. The van der Waals surface area contributed by atoms with Crippen LogP contribution in [0, 0.1) is 11.3 Å². The Bertz CT molecular complexity index is 454. The number of hydrogen-bond donors (Lipinski definition) is 1. The van der Waals surface area contributed by atoms with Crippen molar-refractivity contribution in [2.75, 3.05) is 25.0 Å². The number of anilines is 1. The summed E-state index contributed by atoms with van der Waals surface area (Å²) in [5.74, 6) is -0.0220. The first-order chi connectivity index (χ1) is 8.08. The van der Waals surface area contributed by atoms with Gasteiger partial charge in [0, 0.05) is 18.1 Å². The number of amides is 1. The summed E-state index contributed by atoms with van der Waals surface area (Å²) in [6.07, 6.45) is 0. The molecule has 1 N–H and O–H groups in total. The van der Waals surface area contributed by atoms with Crippen molar-refractivity contribution in [1.82, 2.24) is 5.32 Å². The summed E-state index contributed by atoms with van der Waals surface area (Å²) >= 11 is 3.39. The molecule has 4 nitrogen and oxygen atoms in total. The van der Waals surface area contributed by atoms with E-state index in [2.05, 4.69) is 27.3 Å². The van der Waals surface area contributed by atoms with Crippen LogP contribution >= 0.6 is 15.9 Å². The van der Waals surface area contributed by atoms with Crippen LogP contribution in [0.15, 0.2) is 22.7 Å². The maximum absolute atomic E-state index is 11.4. The fourth-order valence-electron chi connectivity index (χ4n) is 1.44. The molecule has 0 aliphatic rings. The zero-order chi connectivity index (χ0) is 12.8. The second-order valence-electron chi connectivity index (χ2n) is 3.59. The highest BCUT2D eigenvalue weighted by Gasteiger charge is 2.10.